The van der Waals surface area contributed by atoms with E-state index >= 15 is 0 Å². The van der Waals surface area contributed by atoms with E-state index in [2.05, 4.69) is 10.3 Å². The fourth-order valence-corrected chi connectivity index (χ4v) is 2.19. The molecule has 3 aromatic rings. The molecule has 0 heterocycles. The number of halogens is 1. The van der Waals surface area contributed by atoms with Crippen LogP contribution in [0.4, 0.5) is 15.8 Å². The highest BCUT2D eigenvalue weighted by Gasteiger charge is 2.10. The van der Waals surface area contributed by atoms with Gasteiger partial charge < -0.3 is 5.32 Å². The first-order valence-electron chi connectivity index (χ1n) is 7.47. The lowest BCUT2D eigenvalue weighted by atomic mass is 10.1. The number of benzene rings is 3. The van der Waals surface area contributed by atoms with E-state index in [-0.39, 0.29) is 11.7 Å². The van der Waals surface area contributed by atoms with Gasteiger partial charge in [0.25, 0.3) is 5.91 Å². The molecule has 0 saturated carbocycles. The molecule has 3 rings (SSSR count). The van der Waals surface area contributed by atoms with Crippen LogP contribution in [0.15, 0.2) is 83.9 Å². The maximum Gasteiger partial charge on any atom is 0.257 e. The summed E-state index contributed by atoms with van der Waals surface area (Å²) < 4.78 is 12.9. The summed E-state index contributed by atoms with van der Waals surface area (Å²) >= 11 is 0. The molecule has 3 aromatic carbocycles. The fourth-order valence-electron chi connectivity index (χ4n) is 2.19. The zero-order valence-electron chi connectivity index (χ0n) is 12.8. The van der Waals surface area contributed by atoms with Crippen molar-refractivity contribution in [2.24, 2.45) is 4.99 Å². The van der Waals surface area contributed by atoms with Crippen LogP contribution in [0.1, 0.15) is 15.9 Å². The average Bonchev–Trinajstić information content (AvgIpc) is 2.62. The molecule has 1 amide bonds. The first-order chi connectivity index (χ1) is 11.7. The lowest BCUT2D eigenvalue weighted by molar-refractivity contribution is 0.102. The molecule has 0 aliphatic carbocycles. The quantitative estimate of drug-likeness (QED) is 0.688. The molecule has 0 spiro atoms. The lowest BCUT2D eigenvalue weighted by Crippen LogP contribution is -2.11. The summed E-state index contributed by atoms with van der Waals surface area (Å²) in [6, 6.07) is 22.3. The van der Waals surface area contributed by atoms with Gasteiger partial charge in [0.2, 0.25) is 0 Å². The van der Waals surface area contributed by atoms with Crippen LogP contribution in [0.5, 0.6) is 0 Å². The Morgan fingerprint density at radius 2 is 1.54 bits per heavy atom. The zero-order chi connectivity index (χ0) is 16.8. The van der Waals surface area contributed by atoms with E-state index in [0.717, 1.165) is 11.3 Å². The third-order valence-electron chi connectivity index (χ3n) is 3.40. The van der Waals surface area contributed by atoms with E-state index in [4.69, 9.17) is 0 Å². The van der Waals surface area contributed by atoms with Gasteiger partial charge in [-0.1, -0.05) is 42.5 Å². The molecule has 0 bridgehead atoms. The second kappa shape index (κ2) is 7.33. The first-order valence-corrected chi connectivity index (χ1v) is 7.47. The van der Waals surface area contributed by atoms with Gasteiger partial charge in [-0.2, -0.15) is 0 Å². The number of hydrogen-bond donors (Lipinski definition) is 1. The zero-order valence-corrected chi connectivity index (χ0v) is 12.8. The Kier molecular flexibility index (Phi) is 4.77. The Morgan fingerprint density at radius 3 is 2.29 bits per heavy atom. The molecule has 0 aliphatic heterocycles. The van der Waals surface area contributed by atoms with Gasteiger partial charge in [-0.05, 0) is 42.0 Å². The number of hydrogen-bond acceptors (Lipinski definition) is 2. The predicted octanol–water partition coefficient (Wildman–Crippen LogP) is 4.83. The van der Waals surface area contributed by atoms with Crippen LogP contribution < -0.4 is 5.32 Å². The normalized spacial score (nSPS) is 10.7. The summed E-state index contributed by atoms with van der Waals surface area (Å²) in [5.41, 5.74) is 2.50. The second-order valence-corrected chi connectivity index (χ2v) is 5.15. The van der Waals surface area contributed by atoms with Gasteiger partial charge in [-0.3, -0.25) is 9.79 Å². The number of para-hydroxylation sites is 2. The van der Waals surface area contributed by atoms with Crippen molar-refractivity contribution in [2.75, 3.05) is 5.32 Å². The molecule has 24 heavy (non-hydrogen) atoms. The van der Waals surface area contributed by atoms with Crippen LogP contribution >= 0.6 is 0 Å². The van der Waals surface area contributed by atoms with Crippen molar-refractivity contribution < 1.29 is 9.18 Å². The highest BCUT2D eigenvalue weighted by atomic mass is 19.1. The monoisotopic (exact) mass is 318 g/mol. The molecule has 0 aromatic heterocycles. The van der Waals surface area contributed by atoms with E-state index in [1.807, 2.05) is 36.4 Å². The number of nitrogens with one attached hydrogen (secondary N) is 1. The highest BCUT2D eigenvalue weighted by Crippen LogP contribution is 2.20. The summed E-state index contributed by atoms with van der Waals surface area (Å²) in [5.74, 6) is -0.525. The van der Waals surface area contributed by atoms with E-state index in [0.29, 0.717) is 11.3 Å². The first kappa shape index (κ1) is 15.6. The van der Waals surface area contributed by atoms with E-state index in [1.54, 1.807) is 36.5 Å². The molecule has 0 atom stereocenters. The second-order valence-electron chi connectivity index (χ2n) is 5.15. The maximum absolute atomic E-state index is 12.9. The van der Waals surface area contributed by atoms with Crippen molar-refractivity contribution in [3.63, 3.8) is 0 Å². The number of anilines is 1. The van der Waals surface area contributed by atoms with Crippen molar-refractivity contribution in [1.29, 1.82) is 0 Å². The van der Waals surface area contributed by atoms with Gasteiger partial charge in [-0.15, -0.1) is 0 Å². The Bertz CT molecular complexity index is 858. The van der Waals surface area contributed by atoms with Gasteiger partial charge >= 0.3 is 0 Å². The maximum atomic E-state index is 12.9. The number of rotatable bonds is 4. The van der Waals surface area contributed by atoms with Gasteiger partial charge in [0.15, 0.2) is 0 Å². The summed E-state index contributed by atoms with van der Waals surface area (Å²) in [6.07, 6.45) is 1.61. The van der Waals surface area contributed by atoms with Gasteiger partial charge in [0.05, 0.1) is 11.3 Å². The van der Waals surface area contributed by atoms with Crippen LogP contribution in [0.2, 0.25) is 0 Å². The number of aliphatic imine (C=N–C) groups is 1. The molecule has 4 heteroatoms. The molecule has 3 nitrogen and oxygen atoms in total. The Morgan fingerprint density at radius 1 is 0.875 bits per heavy atom. The molecule has 118 valence electrons. The lowest BCUT2D eigenvalue weighted by Gasteiger charge is -2.07. The molecule has 0 saturated heterocycles. The molecule has 0 aliphatic rings. The molecule has 0 fully saturated rings. The predicted molar refractivity (Wildman–Crippen MR) is 94.5 cm³/mol. The van der Waals surface area contributed by atoms with Crippen molar-refractivity contribution in [1.82, 2.24) is 0 Å². The number of carbonyl (C=O) groups is 1. The van der Waals surface area contributed by atoms with Crippen LogP contribution in [-0.4, -0.2) is 12.1 Å². The van der Waals surface area contributed by atoms with E-state index < -0.39 is 0 Å². The minimum absolute atomic E-state index is 0.229. The van der Waals surface area contributed by atoms with E-state index in [9.17, 15) is 9.18 Å². The SMILES string of the molecule is O=C(Nc1ccccc1)c1ccccc1N=Cc1ccc(F)cc1. The molecule has 0 unspecified atom stereocenters. The topological polar surface area (TPSA) is 41.5 Å². The average molecular weight is 318 g/mol. The van der Waals surface area contributed by atoms with Crippen molar-refractivity contribution in [3.05, 3.63) is 95.8 Å². The third-order valence-corrected chi connectivity index (χ3v) is 3.40. The summed E-state index contributed by atoms with van der Waals surface area (Å²) in [6.45, 7) is 0. The van der Waals surface area contributed by atoms with Crippen molar-refractivity contribution in [2.45, 2.75) is 0 Å². The molecular formula is C20H15FN2O. The van der Waals surface area contributed by atoms with Crippen molar-refractivity contribution in [3.8, 4) is 0 Å². The molecule has 1 N–H and O–H groups in total. The van der Waals surface area contributed by atoms with Gasteiger partial charge in [-0.25, -0.2) is 4.39 Å². The van der Waals surface area contributed by atoms with Crippen LogP contribution in [0, 0.1) is 5.82 Å². The van der Waals surface area contributed by atoms with Crippen LogP contribution in [0.25, 0.3) is 0 Å². The highest BCUT2D eigenvalue weighted by molar-refractivity contribution is 6.08. The largest absolute Gasteiger partial charge is 0.322 e. The minimum atomic E-state index is -0.296. The Labute approximate surface area is 139 Å². The third kappa shape index (κ3) is 3.93. The number of amides is 1. The Hall–Kier alpha value is -3.27. The fraction of sp³-hybridized carbons (Fsp3) is 0. The van der Waals surface area contributed by atoms with Crippen molar-refractivity contribution >= 4 is 23.5 Å². The summed E-state index contributed by atoms with van der Waals surface area (Å²) in [5, 5.41) is 2.84. The smallest absolute Gasteiger partial charge is 0.257 e. The van der Waals surface area contributed by atoms with E-state index in [1.165, 1.54) is 12.1 Å². The number of nitrogens with zero attached hydrogens (tertiary/aromatic N) is 1. The van der Waals surface area contributed by atoms with Crippen LogP contribution in [0.3, 0.4) is 0 Å². The Balaban J connectivity index is 1.82. The van der Waals surface area contributed by atoms with Crippen LogP contribution in [-0.2, 0) is 0 Å². The minimum Gasteiger partial charge on any atom is -0.322 e. The number of carbonyl (C=O) groups excluding carboxylic acids is 1. The van der Waals surface area contributed by atoms with Gasteiger partial charge in [0, 0.05) is 11.9 Å². The molecular weight excluding hydrogens is 303 g/mol. The molecule has 0 radical (unpaired) electrons. The van der Waals surface area contributed by atoms with Gasteiger partial charge in [0.1, 0.15) is 5.82 Å². The summed E-state index contributed by atoms with van der Waals surface area (Å²) in [7, 11) is 0. The summed E-state index contributed by atoms with van der Waals surface area (Å²) in [4.78, 5) is 16.8. The standard InChI is InChI=1S/C20H15FN2O/c21-16-12-10-15(11-13-16)14-22-19-9-5-4-8-18(19)20(24)23-17-6-2-1-3-7-17/h1-14H,(H,23,24).